The summed E-state index contributed by atoms with van der Waals surface area (Å²) >= 11 is 0. The first-order valence-electron chi connectivity index (χ1n) is 7.66. The van der Waals surface area contributed by atoms with Crippen LogP contribution in [0.3, 0.4) is 0 Å². The number of nitrogens with one attached hydrogen (secondary N) is 1. The molecule has 1 N–H and O–H groups in total. The third-order valence-electron chi connectivity index (χ3n) is 4.43. The number of nitrogens with zero attached hydrogens (tertiary/aromatic N) is 1. The summed E-state index contributed by atoms with van der Waals surface area (Å²) in [5, 5.41) is 3.18. The van der Waals surface area contributed by atoms with Gasteiger partial charge in [0, 0.05) is 32.2 Å². The highest BCUT2D eigenvalue weighted by Gasteiger charge is 2.41. The number of rotatable bonds is 6. The SMILES string of the molecule is CCC(=O)N1CCC(CC2CC2)(NC(=O)COC)CC1. The van der Waals surface area contributed by atoms with Crippen molar-refractivity contribution < 1.29 is 14.3 Å². The van der Waals surface area contributed by atoms with Gasteiger partial charge in [0.05, 0.1) is 0 Å². The van der Waals surface area contributed by atoms with E-state index < -0.39 is 0 Å². The van der Waals surface area contributed by atoms with Crippen LogP contribution in [0.4, 0.5) is 0 Å². The Hall–Kier alpha value is -1.10. The van der Waals surface area contributed by atoms with Crippen LogP contribution in [0.2, 0.25) is 0 Å². The van der Waals surface area contributed by atoms with Crippen molar-refractivity contribution in [2.45, 2.75) is 51.0 Å². The van der Waals surface area contributed by atoms with Crippen LogP contribution < -0.4 is 5.32 Å². The van der Waals surface area contributed by atoms with Crippen molar-refractivity contribution in [2.24, 2.45) is 5.92 Å². The number of piperidine rings is 1. The van der Waals surface area contributed by atoms with Crippen molar-refractivity contribution in [3.05, 3.63) is 0 Å². The van der Waals surface area contributed by atoms with E-state index in [9.17, 15) is 9.59 Å². The highest BCUT2D eigenvalue weighted by molar-refractivity contribution is 5.78. The van der Waals surface area contributed by atoms with E-state index >= 15 is 0 Å². The molecular weight excluding hydrogens is 256 g/mol. The lowest BCUT2D eigenvalue weighted by Gasteiger charge is -2.42. The number of hydrogen-bond donors (Lipinski definition) is 1. The maximum atomic E-state index is 11.9. The van der Waals surface area contributed by atoms with E-state index in [4.69, 9.17) is 4.74 Å². The van der Waals surface area contributed by atoms with Crippen LogP contribution in [0.15, 0.2) is 0 Å². The van der Waals surface area contributed by atoms with Crippen LogP contribution >= 0.6 is 0 Å². The topological polar surface area (TPSA) is 58.6 Å². The molecule has 1 aliphatic heterocycles. The lowest BCUT2D eigenvalue weighted by atomic mass is 9.82. The second-order valence-electron chi connectivity index (χ2n) is 6.14. The Morgan fingerprint density at radius 1 is 1.30 bits per heavy atom. The molecule has 1 saturated heterocycles. The van der Waals surface area contributed by atoms with Crippen molar-refractivity contribution in [1.29, 1.82) is 0 Å². The molecule has 0 aromatic heterocycles. The van der Waals surface area contributed by atoms with E-state index in [1.165, 1.54) is 20.0 Å². The van der Waals surface area contributed by atoms with E-state index in [-0.39, 0.29) is 24.0 Å². The Labute approximate surface area is 121 Å². The van der Waals surface area contributed by atoms with Crippen LogP contribution in [0, 0.1) is 5.92 Å². The molecule has 1 heterocycles. The molecule has 0 unspecified atom stereocenters. The first-order valence-corrected chi connectivity index (χ1v) is 7.66. The fourth-order valence-electron chi connectivity index (χ4n) is 3.13. The van der Waals surface area contributed by atoms with Gasteiger partial charge < -0.3 is 15.0 Å². The fourth-order valence-corrected chi connectivity index (χ4v) is 3.13. The van der Waals surface area contributed by atoms with Gasteiger partial charge in [0.25, 0.3) is 0 Å². The summed E-state index contributed by atoms with van der Waals surface area (Å²) in [6, 6.07) is 0. The number of carbonyl (C=O) groups excluding carboxylic acids is 2. The third kappa shape index (κ3) is 3.95. The second-order valence-corrected chi connectivity index (χ2v) is 6.14. The average molecular weight is 282 g/mol. The Balaban J connectivity index is 1.94. The molecule has 0 atom stereocenters. The Morgan fingerprint density at radius 3 is 2.45 bits per heavy atom. The standard InChI is InChI=1S/C15H26N2O3/c1-3-14(19)17-8-6-15(7-9-17,10-12-4-5-12)16-13(18)11-20-2/h12H,3-11H2,1-2H3,(H,16,18). The molecule has 1 aliphatic carbocycles. The predicted octanol–water partition coefficient (Wildman–Crippen LogP) is 1.32. The zero-order valence-electron chi connectivity index (χ0n) is 12.6. The summed E-state index contributed by atoms with van der Waals surface area (Å²) in [6.45, 7) is 3.53. The maximum absolute atomic E-state index is 11.9. The molecule has 0 radical (unpaired) electrons. The molecule has 0 aromatic rings. The summed E-state index contributed by atoms with van der Waals surface area (Å²) in [4.78, 5) is 25.6. The van der Waals surface area contributed by atoms with Crippen LogP contribution in [0.5, 0.6) is 0 Å². The lowest BCUT2D eigenvalue weighted by molar-refractivity contribution is -0.133. The van der Waals surface area contributed by atoms with Gasteiger partial charge in [-0.2, -0.15) is 0 Å². The second kappa shape index (κ2) is 6.57. The van der Waals surface area contributed by atoms with Crippen LogP contribution in [0.25, 0.3) is 0 Å². The van der Waals surface area contributed by atoms with Gasteiger partial charge in [0.1, 0.15) is 6.61 Å². The molecule has 114 valence electrons. The van der Waals surface area contributed by atoms with Crippen LogP contribution in [0.1, 0.15) is 45.4 Å². The number of carbonyl (C=O) groups is 2. The molecule has 0 spiro atoms. The van der Waals surface area contributed by atoms with Gasteiger partial charge in [-0.15, -0.1) is 0 Å². The summed E-state index contributed by atoms with van der Waals surface area (Å²) in [7, 11) is 1.54. The molecule has 0 aromatic carbocycles. The zero-order chi connectivity index (χ0) is 14.6. The van der Waals surface area contributed by atoms with Crippen molar-refractivity contribution >= 4 is 11.8 Å². The fraction of sp³-hybridized carbons (Fsp3) is 0.867. The highest BCUT2D eigenvalue weighted by atomic mass is 16.5. The Bertz CT molecular complexity index is 358. The molecule has 5 heteroatoms. The largest absolute Gasteiger partial charge is 0.375 e. The molecule has 20 heavy (non-hydrogen) atoms. The molecule has 2 amide bonds. The maximum Gasteiger partial charge on any atom is 0.246 e. The van der Waals surface area contributed by atoms with Gasteiger partial charge in [-0.3, -0.25) is 9.59 Å². The van der Waals surface area contributed by atoms with E-state index in [1.54, 1.807) is 0 Å². The Morgan fingerprint density at radius 2 is 1.95 bits per heavy atom. The number of methoxy groups -OCH3 is 1. The van der Waals surface area contributed by atoms with Gasteiger partial charge in [-0.25, -0.2) is 0 Å². The van der Waals surface area contributed by atoms with E-state index in [2.05, 4.69) is 5.32 Å². The minimum absolute atomic E-state index is 0.0385. The minimum atomic E-state index is -0.124. The smallest absolute Gasteiger partial charge is 0.246 e. The molecule has 5 nitrogen and oxygen atoms in total. The van der Waals surface area contributed by atoms with Gasteiger partial charge in [-0.05, 0) is 25.2 Å². The van der Waals surface area contributed by atoms with E-state index in [0.717, 1.165) is 38.3 Å². The summed E-state index contributed by atoms with van der Waals surface area (Å²) in [5.41, 5.74) is -0.124. The predicted molar refractivity (Wildman–Crippen MR) is 76.2 cm³/mol. The van der Waals surface area contributed by atoms with E-state index in [0.29, 0.717) is 6.42 Å². The normalized spacial score (nSPS) is 21.6. The molecule has 0 bridgehead atoms. The molecule has 2 fully saturated rings. The van der Waals surface area contributed by atoms with E-state index in [1.807, 2.05) is 11.8 Å². The quantitative estimate of drug-likeness (QED) is 0.799. The molecule has 2 aliphatic rings. The van der Waals surface area contributed by atoms with Crippen molar-refractivity contribution in [3.63, 3.8) is 0 Å². The van der Waals surface area contributed by atoms with Gasteiger partial charge in [0.2, 0.25) is 11.8 Å². The third-order valence-corrected chi connectivity index (χ3v) is 4.43. The summed E-state index contributed by atoms with van der Waals surface area (Å²) in [6.07, 6.45) is 5.90. The number of ether oxygens (including phenoxy) is 1. The van der Waals surface area contributed by atoms with Gasteiger partial charge in [0.15, 0.2) is 0 Å². The zero-order valence-corrected chi connectivity index (χ0v) is 12.6. The van der Waals surface area contributed by atoms with Crippen molar-refractivity contribution in [3.8, 4) is 0 Å². The minimum Gasteiger partial charge on any atom is -0.375 e. The first-order chi connectivity index (χ1) is 9.58. The van der Waals surface area contributed by atoms with Crippen LogP contribution in [-0.4, -0.2) is 49.1 Å². The number of hydrogen-bond acceptors (Lipinski definition) is 3. The number of amides is 2. The molecule has 1 saturated carbocycles. The summed E-state index contributed by atoms with van der Waals surface area (Å²) < 4.78 is 4.91. The van der Waals surface area contributed by atoms with Crippen molar-refractivity contribution in [1.82, 2.24) is 10.2 Å². The average Bonchev–Trinajstić information content (AvgIpc) is 3.22. The molecular formula is C15H26N2O3. The van der Waals surface area contributed by atoms with Gasteiger partial charge >= 0.3 is 0 Å². The lowest BCUT2D eigenvalue weighted by Crippen LogP contribution is -2.57. The first kappa shape index (κ1) is 15.3. The van der Waals surface area contributed by atoms with Crippen LogP contribution in [-0.2, 0) is 14.3 Å². The Kier molecular flexibility index (Phi) is 5.02. The summed E-state index contributed by atoms with van der Waals surface area (Å²) in [5.74, 6) is 0.933. The highest BCUT2D eigenvalue weighted by Crippen LogP contribution is 2.40. The molecule has 2 rings (SSSR count). The van der Waals surface area contributed by atoms with Gasteiger partial charge in [-0.1, -0.05) is 19.8 Å². The van der Waals surface area contributed by atoms with Crippen molar-refractivity contribution in [2.75, 3.05) is 26.8 Å². The number of likely N-dealkylation sites (tertiary alicyclic amines) is 1. The monoisotopic (exact) mass is 282 g/mol.